The third kappa shape index (κ3) is 4.48. The van der Waals surface area contributed by atoms with Gasteiger partial charge in [-0.2, -0.15) is 0 Å². The van der Waals surface area contributed by atoms with Crippen molar-refractivity contribution in [3.05, 3.63) is 48.0 Å². The molecule has 1 saturated carbocycles. The van der Waals surface area contributed by atoms with E-state index in [1.807, 2.05) is 0 Å². The highest BCUT2D eigenvalue weighted by atomic mass is 19.1. The second-order valence-electron chi connectivity index (χ2n) is 6.80. The highest BCUT2D eigenvalue weighted by molar-refractivity contribution is 5.91. The first kappa shape index (κ1) is 18.9. The average molecular weight is 373 g/mol. The van der Waals surface area contributed by atoms with Gasteiger partial charge in [0.15, 0.2) is 0 Å². The number of carbonyl (C=O) groups is 2. The summed E-state index contributed by atoms with van der Waals surface area (Å²) in [5, 5.41) is 8.25. The Hall–Kier alpha value is -2.83. The van der Waals surface area contributed by atoms with Crippen LogP contribution in [0.4, 0.5) is 9.18 Å². The molecule has 1 aromatic carbocycles. The first-order valence-corrected chi connectivity index (χ1v) is 9.15. The van der Waals surface area contributed by atoms with Gasteiger partial charge >= 0.3 is 6.03 Å². The molecular formula is C20H24FN3O3. The van der Waals surface area contributed by atoms with Crippen LogP contribution in [0.2, 0.25) is 0 Å². The number of furan rings is 1. The summed E-state index contributed by atoms with van der Waals surface area (Å²) >= 11 is 0. The number of carbonyl (C=O) groups excluding carboxylic acids is 2. The first-order chi connectivity index (χ1) is 13.0. The predicted molar refractivity (Wildman–Crippen MR) is 99.4 cm³/mol. The summed E-state index contributed by atoms with van der Waals surface area (Å²) in [7, 11) is 1.58. The molecule has 6 nitrogen and oxygen atoms in total. The summed E-state index contributed by atoms with van der Waals surface area (Å²) in [6.07, 6.45) is 4.16. The first-order valence-electron chi connectivity index (χ1n) is 9.15. The van der Waals surface area contributed by atoms with Crippen molar-refractivity contribution < 1.29 is 18.4 Å². The van der Waals surface area contributed by atoms with Crippen LogP contribution in [-0.4, -0.2) is 24.5 Å². The summed E-state index contributed by atoms with van der Waals surface area (Å²) < 4.78 is 18.7. The molecule has 2 aromatic rings. The number of halogens is 1. The average Bonchev–Trinajstić information content (AvgIpc) is 3.16. The van der Waals surface area contributed by atoms with Gasteiger partial charge in [-0.05, 0) is 49.2 Å². The number of benzene rings is 1. The van der Waals surface area contributed by atoms with E-state index in [0.29, 0.717) is 24.4 Å². The number of urea groups is 1. The van der Waals surface area contributed by atoms with Gasteiger partial charge < -0.3 is 20.4 Å². The molecule has 27 heavy (non-hydrogen) atoms. The number of likely N-dealkylation sites (N-methyl/N-ethyl adjacent to an activating group) is 1. The van der Waals surface area contributed by atoms with E-state index in [1.54, 1.807) is 31.3 Å². The molecule has 0 radical (unpaired) electrons. The quantitative estimate of drug-likeness (QED) is 0.752. The summed E-state index contributed by atoms with van der Waals surface area (Å²) in [6.45, 7) is 0.191. The van der Waals surface area contributed by atoms with Gasteiger partial charge in [-0.1, -0.05) is 19.3 Å². The molecule has 3 amide bonds. The van der Waals surface area contributed by atoms with Crippen molar-refractivity contribution >= 4 is 11.9 Å². The third-order valence-electron chi connectivity index (χ3n) is 4.94. The van der Waals surface area contributed by atoms with Gasteiger partial charge in [0.1, 0.15) is 22.9 Å². The summed E-state index contributed by atoms with van der Waals surface area (Å²) in [4.78, 5) is 24.6. The number of hydrogen-bond donors (Lipinski definition) is 3. The maximum Gasteiger partial charge on any atom is 0.316 e. The van der Waals surface area contributed by atoms with Crippen LogP contribution in [0.3, 0.4) is 0 Å². The molecule has 144 valence electrons. The van der Waals surface area contributed by atoms with Gasteiger partial charge in [-0.3, -0.25) is 4.79 Å². The van der Waals surface area contributed by atoms with Gasteiger partial charge in [-0.25, -0.2) is 9.18 Å². The lowest BCUT2D eigenvalue weighted by Crippen LogP contribution is -2.60. The van der Waals surface area contributed by atoms with Crippen molar-refractivity contribution in [3.8, 4) is 11.3 Å². The highest BCUT2D eigenvalue weighted by Gasteiger charge is 2.40. The number of rotatable bonds is 5. The van der Waals surface area contributed by atoms with E-state index in [4.69, 9.17) is 4.42 Å². The van der Waals surface area contributed by atoms with Crippen LogP contribution in [0.1, 0.15) is 37.9 Å². The van der Waals surface area contributed by atoms with Crippen LogP contribution in [0.15, 0.2) is 40.8 Å². The molecular weight excluding hydrogens is 349 g/mol. The zero-order valence-electron chi connectivity index (χ0n) is 15.3. The second kappa shape index (κ2) is 8.24. The Labute approximate surface area is 157 Å². The molecule has 7 heteroatoms. The van der Waals surface area contributed by atoms with E-state index < -0.39 is 11.6 Å². The molecule has 0 aliphatic heterocycles. The molecule has 0 unspecified atom stereocenters. The summed E-state index contributed by atoms with van der Waals surface area (Å²) in [5.41, 5.74) is -0.0904. The minimum absolute atomic E-state index is 0.158. The Balaban J connectivity index is 1.59. The Kier molecular flexibility index (Phi) is 5.78. The van der Waals surface area contributed by atoms with E-state index in [-0.39, 0.29) is 18.3 Å². The van der Waals surface area contributed by atoms with E-state index in [0.717, 1.165) is 24.8 Å². The van der Waals surface area contributed by atoms with Crippen molar-refractivity contribution in [3.63, 3.8) is 0 Å². The van der Waals surface area contributed by atoms with Crippen LogP contribution in [0.5, 0.6) is 0 Å². The van der Waals surface area contributed by atoms with Crippen molar-refractivity contribution in [2.24, 2.45) is 0 Å². The largest absolute Gasteiger partial charge is 0.459 e. The van der Waals surface area contributed by atoms with E-state index in [9.17, 15) is 14.0 Å². The maximum absolute atomic E-state index is 13.0. The van der Waals surface area contributed by atoms with Crippen molar-refractivity contribution in [1.29, 1.82) is 0 Å². The van der Waals surface area contributed by atoms with Crippen molar-refractivity contribution in [2.75, 3.05) is 7.05 Å². The zero-order valence-corrected chi connectivity index (χ0v) is 15.3. The molecule has 0 saturated heterocycles. The van der Waals surface area contributed by atoms with Gasteiger partial charge in [0, 0.05) is 12.6 Å². The van der Waals surface area contributed by atoms with E-state index >= 15 is 0 Å². The van der Waals surface area contributed by atoms with Crippen molar-refractivity contribution in [2.45, 2.75) is 44.2 Å². The molecule has 1 fully saturated rings. The smallest absolute Gasteiger partial charge is 0.316 e. The van der Waals surface area contributed by atoms with E-state index in [2.05, 4.69) is 16.0 Å². The lowest BCUT2D eigenvalue weighted by molar-refractivity contribution is -0.128. The fourth-order valence-corrected chi connectivity index (χ4v) is 3.47. The Morgan fingerprint density at radius 1 is 1.07 bits per heavy atom. The lowest BCUT2D eigenvalue weighted by Gasteiger charge is -2.36. The molecule has 0 spiro atoms. The zero-order chi connectivity index (χ0) is 19.3. The van der Waals surface area contributed by atoms with Crippen LogP contribution in [0, 0.1) is 5.82 Å². The summed E-state index contributed by atoms with van der Waals surface area (Å²) in [5.74, 6) is 0.703. The lowest BCUT2D eigenvalue weighted by atomic mass is 9.81. The predicted octanol–water partition coefficient (Wildman–Crippen LogP) is 3.33. The molecule has 3 rings (SSSR count). The minimum Gasteiger partial charge on any atom is -0.459 e. The number of nitrogens with one attached hydrogen (secondary N) is 3. The third-order valence-corrected chi connectivity index (χ3v) is 4.94. The van der Waals surface area contributed by atoms with Gasteiger partial charge in [0.05, 0.1) is 6.54 Å². The van der Waals surface area contributed by atoms with E-state index in [1.165, 1.54) is 12.1 Å². The highest BCUT2D eigenvalue weighted by Crippen LogP contribution is 2.28. The molecule has 1 aliphatic carbocycles. The Morgan fingerprint density at radius 3 is 2.44 bits per heavy atom. The standard InChI is InChI=1S/C20H24FN3O3/c1-22-18(25)20(11-3-2-4-12-20)24-19(26)23-13-16-9-10-17(27-16)14-5-7-15(21)8-6-14/h5-10H,2-4,11-13H2,1H3,(H,22,25)(H2,23,24,26). The van der Waals surface area contributed by atoms with Crippen LogP contribution in [0.25, 0.3) is 11.3 Å². The molecule has 1 aromatic heterocycles. The Morgan fingerprint density at radius 2 is 1.78 bits per heavy atom. The van der Waals surface area contributed by atoms with Crippen LogP contribution >= 0.6 is 0 Å². The molecule has 1 heterocycles. The molecule has 1 aliphatic rings. The molecule has 0 atom stereocenters. The van der Waals surface area contributed by atoms with Gasteiger partial charge in [-0.15, -0.1) is 0 Å². The minimum atomic E-state index is -0.848. The molecule has 0 bridgehead atoms. The number of hydrogen-bond acceptors (Lipinski definition) is 3. The van der Waals surface area contributed by atoms with Gasteiger partial charge in [0.2, 0.25) is 5.91 Å². The second-order valence-corrected chi connectivity index (χ2v) is 6.80. The molecule has 3 N–H and O–H groups in total. The van der Waals surface area contributed by atoms with Crippen LogP contribution in [-0.2, 0) is 11.3 Å². The van der Waals surface area contributed by atoms with Crippen molar-refractivity contribution in [1.82, 2.24) is 16.0 Å². The fourth-order valence-electron chi connectivity index (χ4n) is 3.47. The number of amides is 3. The fraction of sp³-hybridized carbons (Fsp3) is 0.400. The normalized spacial score (nSPS) is 15.8. The Bertz CT molecular complexity index is 795. The SMILES string of the molecule is CNC(=O)C1(NC(=O)NCc2ccc(-c3ccc(F)cc3)o2)CCCCC1. The van der Waals surface area contributed by atoms with Gasteiger partial charge in [0.25, 0.3) is 0 Å². The van der Waals surface area contributed by atoms with Crippen LogP contribution < -0.4 is 16.0 Å². The topological polar surface area (TPSA) is 83.4 Å². The summed E-state index contributed by atoms with van der Waals surface area (Å²) in [6, 6.07) is 9.13. The maximum atomic E-state index is 13.0. The monoisotopic (exact) mass is 373 g/mol.